The number of carbonyl (C=O) groups is 1. The van der Waals surface area contributed by atoms with E-state index >= 15 is 0 Å². The molecular weight excluding hydrogens is 416 g/mol. The molecule has 0 spiro atoms. The highest BCUT2D eigenvalue weighted by Gasteiger charge is 2.23. The summed E-state index contributed by atoms with van der Waals surface area (Å²) in [4.78, 5) is 12.3. The fraction of sp³-hybridized carbons (Fsp3) is 0.188. The Balaban J connectivity index is 2.29. The number of nitrogens with zero attached hydrogens (tertiary/aromatic N) is 1. The molecule has 0 aliphatic heterocycles. The lowest BCUT2D eigenvalue weighted by atomic mass is 10.2. The molecule has 0 aromatic heterocycles. The molecular formula is C16H16BrClN2O3S. The number of sulfonamides is 1. The first-order chi connectivity index (χ1) is 11.2. The van der Waals surface area contributed by atoms with Gasteiger partial charge >= 0.3 is 0 Å². The summed E-state index contributed by atoms with van der Waals surface area (Å²) in [6.07, 6.45) is 1.05. The van der Waals surface area contributed by atoms with Gasteiger partial charge in [-0.2, -0.15) is 0 Å². The number of amides is 1. The third-order valence-corrected chi connectivity index (χ3v) is 5.57. The van der Waals surface area contributed by atoms with Gasteiger partial charge in [-0.15, -0.1) is 0 Å². The largest absolute Gasteiger partial charge is 0.323 e. The van der Waals surface area contributed by atoms with Gasteiger partial charge in [0.25, 0.3) is 0 Å². The van der Waals surface area contributed by atoms with E-state index in [9.17, 15) is 13.2 Å². The number of hydrogen-bond acceptors (Lipinski definition) is 3. The monoisotopic (exact) mass is 430 g/mol. The zero-order valence-electron chi connectivity index (χ0n) is 13.1. The van der Waals surface area contributed by atoms with E-state index in [0.717, 1.165) is 10.6 Å². The van der Waals surface area contributed by atoms with Crippen LogP contribution in [0.25, 0.3) is 0 Å². The Morgan fingerprint density at radius 3 is 2.50 bits per heavy atom. The topological polar surface area (TPSA) is 66.5 Å². The van der Waals surface area contributed by atoms with Crippen molar-refractivity contribution in [2.45, 2.75) is 6.92 Å². The van der Waals surface area contributed by atoms with Crippen LogP contribution in [0.1, 0.15) is 5.56 Å². The average molecular weight is 432 g/mol. The zero-order chi connectivity index (χ0) is 17.9. The first-order valence-electron chi connectivity index (χ1n) is 6.97. The number of para-hydroxylation sites is 1. The van der Waals surface area contributed by atoms with Gasteiger partial charge in [0.1, 0.15) is 6.54 Å². The molecule has 0 atom stereocenters. The standard InChI is InChI=1S/C16H16BrClN2O3S/c1-11-13(18)7-5-9-15(11)20(24(2,22)23)10-16(21)19-14-8-4-3-6-12(14)17/h3-9H,10H2,1-2H3,(H,19,21). The summed E-state index contributed by atoms with van der Waals surface area (Å²) in [7, 11) is -3.65. The minimum Gasteiger partial charge on any atom is -0.323 e. The maximum absolute atomic E-state index is 12.3. The Morgan fingerprint density at radius 1 is 1.21 bits per heavy atom. The van der Waals surface area contributed by atoms with Gasteiger partial charge in [-0.05, 0) is 52.7 Å². The van der Waals surface area contributed by atoms with E-state index in [1.165, 1.54) is 0 Å². The van der Waals surface area contributed by atoms with Gasteiger partial charge in [-0.25, -0.2) is 8.42 Å². The molecule has 2 aromatic rings. The summed E-state index contributed by atoms with van der Waals surface area (Å²) in [5.74, 6) is -0.452. The molecule has 0 saturated carbocycles. The van der Waals surface area contributed by atoms with Crippen molar-refractivity contribution in [2.24, 2.45) is 0 Å². The van der Waals surface area contributed by atoms with Crippen molar-refractivity contribution in [3.05, 3.63) is 57.5 Å². The number of nitrogens with one attached hydrogen (secondary N) is 1. The van der Waals surface area contributed by atoms with Crippen LogP contribution < -0.4 is 9.62 Å². The number of benzene rings is 2. The fourth-order valence-electron chi connectivity index (χ4n) is 2.13. The maximum Gasteiger partial charge on any atom is 0.245 e. The second-order valence-corrected chi connectivity index (χ2v) is 8.35. The molecule has 0 unspecified atom stereocenters. The molecule has 0 aliphatic rings. The van der Waals surface area contributed by atoms with Gasteiger partial charge in [0.2, 0.25) is 15.9 Å². The molecule has 128 valence electrons. The predicted molar refractivity (Wildman–Crippen MR) is 101 cm³/mol. The van der Waals surface area contributed by atoms with Crippen LogP contribution >= 0.6 is 27.5 Å². The first kappa shape index (κ1) is 18.8. The third kappa shape index (κ3) is 4.49. The van der Waals surface area contributed by atoms with Gasteiger partial charge in [-0.1, -0.05) is 29.8 Å². The summed E-state index contributed by atoms with van der Waals surface area (Å²) in [5, 5.41) is 3.13. The molecule has 0 fully saturated rings. The molecule has 0 saturated heterocycles. The lowest BCUT2D eigenvalue weighted by Gasteiger charge is -2.24. The van der Waals surface area contributed by atoms with Crippen LogP contribution in [0, 0.1) is 6.92 Å². The van der Waals surface area contributed by atoms with Gasteiger partial charge in [0, 0.05) is 9.50 Å². The maximum atomic E-state index is 12.3. The SMILES string of the molecule is Cc1c(Cl)cccc1N(CC(=O)Nc1ccccc1Br)S(C)(=O)=O. The predicted octanol–water partition coefficient (Wildman–Crippen LogP) is 3.82. The molecule has 0 aliphatic carbocycles. The fourth-order valence-corrected chi connectivity index (χ4v) is 3.59. The highest BCUT2D eigenvalue weighted by Crippen LogP contribution is 2.28. The second kappa shape index (κ2) is 7.55. The second-order valence-electron chi connectivity index (χ2n) is 5.18. The first-order valence-corrected chi connectivity index (χ1v) is 9.99. The van der Waals surface area contributed by atoms with Crippen LogP contribution in [0.15, 0.2) is 46.9 Å². The van der Waals surface area contributed by atoms with Crippen LogP contribution in [-0.4, -0.2) is 27.1 Å². The zero-order valence-corrected chi connectivity index (χ0v) is 16.2. The van der Waals surface area contributed by atoms with E-state index in [1.54, 1.807) is 43.3 Å². The molecule has 5 nitrogen and oxygen atoms in total. The third-order valence-electron chi connectivity index (χ3n) is 3.34. The number of halogens is 2. The van der Waals surface area contributed by atoms with E-state index < -0.39 is 15.9 Å². The van der Waals surface area contributed by atoms with Crippen LogP contribution in [-0.2, 0) is 14.8 Å². The van der Waals surface area contributed by atoms with Crippen molar-refractivity contribution in [3.8, 4) is 0 Å². The van der Waals surface area contributed by atoms with Crippen molar-refractivity contribution >= 4 is 54.8 Å². The van der Waals surface area contributed by atoms with Gasteiger partial charge in [-0.3, -0.25) is 9.10 Å². The van der Waals surface area contributed by atoms with Crippen molar-refractivity contribution in [3.63, 3.8) is 0 Å². The molecule has 24 heavy (non-hydrogen) atoms. The molecule has 1 N–H and O–H groups in total. The average Bonchev–Trinajstić information content (AvgIpc) is 2.49. The van der Waals surface area contributed by atoms with E-state index in [1.807, 2.05) is 6.07 Å². The van der Waals surface area contributed by atoms with E-state index in [-0.39, 0.29) is 6.54 Å². The van der Waals surface area contributed by atoms with Crippen molar-refractivity contribution < 1.29 is 13.2 Å². The molecule has 0 heterocycles. The lowest BCUT2D eigenvalue weighted by molar-refractivity contribution is -0.114. The highest BCUT2D eigenvalue weighted by atomic mass is 79.9. The van der Waals surface area contributed by atoms with Crippen LogP contribution in [0.3, 0.4) is 0 Å². The van der Waals surface area contributed by atoms with Crippen LogP contribution in [0.4, 0.5) is 11.4 Å². The lowest BCUT2D eigenvalue weighted by Crippen LogP contribution is -2.37. The molecule has 2 aromatic carbocycles. The summed E-state index contributed by atoms with van der Waals surface area (Å²) in [6.45, 7) is 1.36. The summed E-state index contributed by atoms with van der Waals surface area (Å²) >= 11 is 9.40. The number of carbonyl (C=O) groups excluding carboxylic acids is 1. The van der Waals surface area contributed by atoms with Gasteiger partial charge in [0.15, 0.2) is 0 Å². The highest BCUT2D eigenvalue weighted by molar-refractivity contribution is 9.10. The Kier molecular flexibility index (Phi) is 5.90. The number of rotatable bonds is 5. The van der Waals surface area contributed by atoms with Crippen molar-refractivity contribution in [2.75, 3.05) is 22.4 Å². The normalized spacial score (nSPS) is 11.2. The van der Waals surface area contributed by atoms with Gasteiger partial charge < -0.3 is 5.32 Å². The van der Waals surface area contributed by atoms with Crippen LogP contribution in [0.2, 0.25) is 5.02 Å². The Labute approximate surface area is 154 Å². The minimum absolute atomic E-state index is 0.346. The summed E-state index contributed by atoms with van der Waals surface area (Å²) < 4.78 is 26.0. The molecule has 2 rings (SSSR count). The number of anilines is 2. The molecule has 1 amide bonds. The number of hydrogen-bond donors (Lipinski definition) is 1. The Morgan fingerprint density at radius 2 is 1.88 bits per heavy atom. The molecule has 0 radical (unpaired) electrons. The van der Waals surface area contributed by atoms with E-state index in [0.29, 0.717) is 26.4 Å². The quantitative estimate of drug-likeness (QED) is 0.783. The molecule has 0 bridgehead atoms. The molecule has 8 heteroatoms. The summed E-state index contributed by atoms with van der Waals surface area (Å²) in [5.41, 5.74) is 1.55. The van der Waals surface area contributed by atoms with Crippen molar-refractivity contribution in [1.29, 1.82) is 0 Å². The minimum atomic E-state index is -3.65. The van der Waals surface area contributed by atoms with E-state index in [4.69, 9.17) is 11.6 Å². The Bertz CT molecular complexity index is 871. The van der Waals surface area contributed by atoms with Gasteiger partial charge in [0.05, 0.1) is 17.6 Å². The van der Waals surface area contributed by atoms with Crippen LogP contribution in [0.5, 0.6) is 0 Å². The Hall–Kier alpha value is -1.57. The van der Waals surface area contributed by atoms with E-state index in [2.05, 4.69) is 21.2 Å². The van der Waals surface area contributed by atoms with Crippen molar-refractivity contribution in [1.82, 2.24) is 0 Å². The smallest absolute Gasteiger partial charge is 0.245 e. The summed E-state index contributed by atoms with van der Waals surface area (Å²) in [6, 6.07) is 12.0.